The van der Waals surface area contributed by atoms with Gasteiger partial charge in [-0.25, -0.2) is 4.79 Å². The zero-order valence-corrected chi connectivity index (χ0v) is 18.7. The molecule has 0 aromatic rings. The molecule has 186 valence electrons. The summed E-state index contributed by atoms with van der Waals surface area (Å²) in [6.45, 7) is 3.61. The Morgan fingerprint density at radius 1 is 1.06 bits per heavy atom. The van der Waals surface area contributed by atoms with Gasteiger partial charge in [-0.2, -0.15) is 0 Å². The SMILES string of the molecule is CCC(C)C(NC(=O)C1CCCN1C(=O)C(CCC(=O)O)NC(=O)C(N)CC(=O)O)C(=O)O. The maximum atomic E-state index is 13.1. The van der Waals surface area contributed by atoms with E-state index in [4.69, 9.17) is 15.9 Å². The average Bonchev–Trinajstić information content (AvgIpc) is 3.22. The molecule has 0 aromatic carbocycles. The van der Waals surface area contributed by atoms with E-state index in [9.17, 15) is 33.9 Å². The highest BCUT2D eigenvalue weighted by Crippen LogP contribution is 2.21. The van der Waals surface area contributed by atoms with Crippen molar-refractivity contribution >= 4 is 35.6 Å². The van der Waals surface area contributed by atoms with Crippen LogP contribution in [0, 0.1) is 5.92 Å². The predicted octanol–water partition coefficient (Wildman–Crippen LogP) is -1.26. The number of rotatable bonds is 13. The van der Waals surface area contributed by atoms with E-state index in [2.05, 4.69) is 10.6 Å². The Bertz CT molecular complexity index is 773. The number of hydrogen-bond acceptors (Lipinski definition) is 7. The van der Waals surface area contributed by atoms with Crippen LogP contribution in [0.25, 0.3) is 0 Å². The predicted molar refractivity (Wildman–Crippen MR) is 113 cm³/mol. The lowest BCUT2D eigenvalue weighted by molar-refractivity contribution is -0.146. The first-order valence-corrected chi connectivity index (χ1v) is 10.7. The lowest BCUT2D eigenvalue weighted by atomic mass is 9.98. The summed E-state index contributed by atoms with van der Waals surface area (Å²) >= 11 is 0. The highest BCUT2D eigenvalue weighted by Gasteiger charge is 2.39. The maximum Gasteiger partial charge on any atom is 0.326 e. The number of carboxylic acids is 3. The van der Waals surface area contributed by atoms with E-state index in [1.807, 2.05) is 0 Å². The van der Waals surface area contributed by atoms with Gasteiger partial charge in [0.15, 0.2) is 0 Å². The van der Waals surface area contributed by atoms with E-state index in [-0.39, 0.29) is 25.3 Å². The zero-order valence-electron chi connectivity index (χ0n) is 18.7. The number of carbonyl (C=O) groups excluding carboxylic acids is 3. The second kappa shape index (κ2) is 12.7. The van der Waals surface area contributed by atoms with Crippen molar-refractivity contribution < 1.29 is 44.1 Å². The highest BCUT2D eigenvalue weighted by molar-refractivity contribution is 5.95. The lowest BCUT2D eigenvalue weighted by Crippen LogP contribution is -2.57. The van der Waals surface area contributed by atoms with Crippen LogP contribution in [-0.2, 0) is 28.8 Å². The molecule has 7 N–H and O–H groups in total. The summed E-state index contributed by atoms with van der Waals surface area (Å²) in [5.74, 6) is -6.41. The number of carbonyl (C=O) groups is 6. The third kappa shape index (κ3) is 8.33. The number of likely N-dealkylation sites (tertiary alicyclic amines) is 1. The van der Waals surface area contributed by atoms with Crippen LogP contribution in [0.5, 0.6) is 0 Å². The third-order valence-corrected chi connectivity index (χ3v) is 5.61. The standard InChI is InChI=1S/C20H32N4O9/c1-3-10(2)16(20(32)33)23-18(30)13-5-4-8-24(13)19(31)12(6-7-14(25)26)22-17(29)11(21)9-15(27)28/h10-13,16H,3-9,21H2,1-2H3,(H,22,29)(H,23,30)(H,25,26)(H,27,28)(H,32,33). The Morgan fingerprint density at radius 2 is 1.70 bits per heavy atom. The first-order valence-electron chi connectivity index (χ1n) is 10.7. The van der Waals surface area contributed by atoms with Crippen LogP contribution in [-0.4, -0.2) is 86.6 Å². The van der Waals surface area contributed by atoms with Crippen molar-refractivity contribution in [2.45, 2.75) is 76.5 Å². The molecule has 0 radical (unpaired) electrons. The largest absolute Gasteiger partial charge is 0.481 e. The Kier molecular flexibility index (Phi) is 10.7. The van der Waals surface area contributed by atoms with Crippen molar-refractivity contribution in [2.75, 3.05) is 6.54 Å². The van der Waals surface area contributed by atoms with Crippen molar-refractivity contribution in [3.05, 3.63) is 0 Å². The quantitative estimate of drug-likeness (QED) is 0.187. The van der Waals surface area contributed by atoms with Crippen LogP contribution >= 0.6 is 0 Å². The van der Waals surface area contributed by atoms with Gasteiger partial charge in [0.2, 0.25) is 17.7 Å². The molecule has 1 heterocycles. The van der Waals surface area contributed by atoms with Crippen molar-refractivity contribution in [1.82, 2.24) is 15.5 Å². The zero-order chi connectivity index (χ0) is 25.3. The summed E-state index contributed by atoms with van der Waals surface area (Å²) in [5.41, 5.74) is 5.52. The summed E-state index contributed by atoms with van der Waals surface area (Å²) in [7, 11) is 0. The van der Waals surface area contributed by atoms with Crippen LogP contribution in [0.15, 0.2) is 0 Å². The molecule has 0 aromatic heterocycles. The Hall–Kier alpha value is -3.22. The number of hydrogen-bond donors (Lipinski definition) is 6. The molecule has 5 unspecified atom stereocenters. The smallest absolute Gasteiger partial charge is 0.326 e. The molecular weight excluding hydrogens is 440 g/mol. The molecule has 0 spiro atoms. The highest BCUT2D eigenvalue weighted by atomic mass is 16.4. The summed E-state index contributed by atoms with van der Waals surface area (Å²) in [6, 6.07) is -4.92. The van der Waals surface area contributed by atoms with Gasteiger partial charge in [0, 0.05) is 13.0 Å². The van der Waals surface area contributed by atoms with Gasteiger partial charge in [0.05, 0.1) is 12.5 Å². The molecule has 0 aliphatic carbocycles. The molecule has 0 saturated carbocycles. The van der Waals surface area contributed by atoms with Gasteiger partial charge in [0.25, 0.3) is 0 Å². The fraction of sp³-hybridized carbons (Fsp3) is 0.700. The Morgan fingerprint density at radius 3 is 2.21 bits per heavy atom. The molecule has 1 aliphatic rings. The van der Waals surface area contributed by atoms with Crippen LogP contribution < -0.4 is 16.4 Å². The van der Waals surface area contributed by atoms with Gasteiger partial charge in [-0.15, -0.1) is 0 Å². The van der Waals surface area contributed by atoms with Crippen LogP contribution in [0.1, 0.15) is 52.4 Å². The van der Waals surface area contributed by atoms with Crippen LogP contribution in [0.4, 0.5) is 0 Å². The van der Waals surface area contributed by atoms with E-state index in [0.717, 1.165) is 0 Å². The van der Waals surface area contributed by atoms with E-state index < -0.39 is 72.6 Å². The van der Waals surface area contributed by atoms with Gasteiger partial charge in [-0.1, -0.05) is 20.3 Å². The van der Waals surface area contributed by atoms with Crippen LogP contribution in [0.2, 0.25) is 0 Å². The summed E-state index contributed by atoms with van der Waals surface area (Å²) in [4.78, 5) is 72.7. The van der Waals surface area contributed by atoms with Crippen molar-refractivity contribution in [2.24, 2.45) is 11.7 Å². The normalized spacial score (nSPS) is 19.1. The molecule has 1 aliphatic heterocycles. The monoisotopic (exact) mass is 472 g/mol. The third-order valence-electron chi connectivity index (χ3n) is 5.61. The van der Waals surface area contributed by atoms with Gasteiger partial charge < -0.3 is 36.6 Å². The first kappa shape index (κ1) is 27.8. The molecule has 1 saturated heterocycles. The molecule has 13 heteroatoms. The van der Waals surface area contributed by atoms with Gasteiger partial charge in [0.1, 0.15) is 18.1 Å². The molecule has 1 fully saturated rings. The van der Waals surface area contributed by atoms with Gasteiger partial charge in [-0.3, -0.25) is 24.0 Å². The van der Waals surface area contributed by atoms with E-state index in [1.54, 1.807) is 13.8 Å². The summed E-state index contributed by atoms with van der Waals surface area (Å²) in [6.07, 6.45) is -0.234. The van der Waals surface area contributed by atoms with Crippen molar-refractivity contribution in [3.63, 3.8) is 0 Å². The second-order valence-corrected chi connectivity index (χ2v) is 8.10. The number of nitrogens with two attached hydrogens (primary N) is 1. The number of aliphatic carboxylic acids is 3. The van der Waals surface area contributed by atoms with Crippen LogP contribution in [0.3, 0.4) is 0 Å². The van der Waals surface area contributed by atoms with E-state index >= 15 is 0 Å². The Balaban J connectivity index is 3.00. The average molecular weight is 472 g/mol. The summed E-state index contributed by atoms with van der Waals surface area (Å²) < 4.78 is 0. The number of nitrogens with one attached hydrogen (secondary N) is 2. The van der Waals surface area contributed by atoms with Crippen molar-refractivity contribution in [1.29, 1.82) is 0 Å². The summed E-state index contributed by atoms with van der Waals surface area (Å²) in [5, 5.41) is 31.9. The maximum absolute atomic E-state index is 13.1. The molecule has 5 atom stereocenters. The molecule has 0 bridgehead atoms. The lowest BCUT2D eigenvalue weighted by Gasteiger charge is -2.30. The van der Waals surface area contributed by atoms with Gasteiger partial charge >= 0.3 is 17.9 Å². The first-order chi connectivity index (χ1) is 15.4. The Labute approximate surface area is 190 Å². The minimum atomic E-state index is -1.45. The van der Waals surface area contributed by atoms with Gasteiger partial charge in [-0.05, 0) is 25.2 Å². The molecule has 33 heavy (non-hydrogen) atoms. The minimum Gasteiger partial charge on any atom is -0.481 e. The fourth-order valence-electron chi connectivity index (χ4n) is 3.52. The van der Waals surface area contributed by atoms with E-state index in [0.29, 0.717) is 12.8 Å². The number of nitrogens with zero attached hydrogens (tertiary/aromatic N) is 1. The fourth-order valence-corrected chi connectivity index (χ4v) is 3.52. The second-order valence-electron chi connectivity index (χ2n) is 8.10. The van der Waals surface area contributed by atoms with Crippen molar-refractivity contribution in [3.8, 4) is 0 Å². The topological polar surface area (TPSA) is 216 Å². The number of amides is 3. The molecule has 1 rings (SSSR count). The van der Waals surface area contributed by atoms with E-state index in [1.165, 1.54) is 4.90 Å². The molecule has 3 amide bonds. The minimum absolute atomic E-state index is 0.151. The number of carboxylic acid groups (broad SMARTS) is 3. The molecular formula is C20H32N4O9. The molecule has 13 nitrogen and oxygen atoms in total.